The molecule has 0 radical (unpaired) electrons. The van der Waals surface area contributed by atoms with E-state index in [1.165, 1.54) is 4.90 Å². The second-order valence-corrected chi connectivity index (χ2v) is 18.6. The zero-order valence-corrected chi connectivity index (χ0v) is 46.5. The average molecular weight is 1090 g/mol. The van der Waals surface area contributed by atoms with Crippen molar-refractivity contribution in [2.24, 2.45) is 0 Å². The Morgan fingerprint density at radius 3 is 1.23 bits per heavy atom. The second-order valence-electron chi connectivity index (χ2n) is 18.6. The standard InChI is InChI=1S/C32H34N2O7.C32H36N2O5/c1-4-8-29(34(21-30(35)36)32(37)41-27-17-15-25(38-3)16-18-27)23-11-13-26(14-12-23)39-20-19-28-22(2)40-31(33-28)24-9-6-5-7-10-24;1-5-10-30(34(6-2)32(35)39-28-19-17-26(36-4)18-20-28)24-13-15-27(16-14-24)37-22-21-29-23(3)38-31(33-29)25-11-8-7-9-12-25/h5-7,9-18,29H,4,8,19-21H2,1-3H3,(H,35,36);7-9,11-20,30H,5-6,10,21-22H2,1-4H3. The maximum Gasteiger partial charge on any atom is 0.416 e. The molecule has 2 aromatic heterocycles. The van der Waals surface area contributed by atoms with E-state index in [1.54, 1.807) is 67.7 Å². The van der Waals surface area contributed by atoms with Gasteiger partial charge in [0.1, 0.15) is 52.6 Å². The number of hydrogen-bond acceptors (Lipinski definition) is 13. The number of carboxylic acids is 1. The van der Waals surface area contributed by atoms with E-state index in [9.17, 15) is 19.5 Å². The monoisotopic (exact) mass is 1090 g/mol. The summed E-state index contributed by atoms with van der Waals surface area (Å²) >= 11 is 0. The molecule has 0 spiro atoms. The minimum Gasteiger partial charge on any atom is -0.497 e. The first-order chi connectivity index (χ1) is 38.9. The van der Waals surface area contributed by atoms with Crippen LogP contribution in [0.4, 0.5) is 9.59 Å². The number of carbonyl (C=O) groups excluding carboxylic acids is 2. The molecular formula is C64H70N4O12. The van der Waals surface area contributed by atoms with E-state index in [-0.39, 0.29) is 12.1 Å². The lowest BCUT2D eigenvalue weighted by molar-refractivity contribution is -0.138. The summed E-state index contributed by atoms with van der Waals surface area (Å²) in [6.07, 6.45) is 3.14. The van der Waals surface area contributed by atoms with Crippen molar-refractivity contribution in [1.29, 1.82) is 0 Å². The third-order valence-corrected chi connectivity index (χ3v) is 13.1. The lowest BCUT2D eigenvalue weighted by Crippen LogP contribution is -2.40. The number of hydrogen-bond donors (Lipinski definition) is 1. The summed E-state index contributed by atoms with van der Waals surface area (Å²) in [6.45, 7) is 10.8. The minimum atomic E-state index is -1.13. The Morgan fingerprint density at radius 2 is 0.863 bits per heavy atom. The van der Waals surface area contributed by atoms with Crippen molar-refractivity contribution in [3.05, 3.63) is 192 Å². The van der Waals surface area contributed by atoms with Gasteiger partial charge in [-0.25, -0.2) is 19.6 Å². The van der Waals surface area contributed by atoms with Crippen molar-refractivity contribution < 1.29 is 56.7 Å². The van der Waals surface area contributed by atoms with Gasteiger partial charge in [0.2, 0.25) is 11.8 Å². The summed E-state index contributed by atoms with van der Waals surface area (Å²) in [5.74, 6) is 5.16. The molecule has 0 aliphatic rings. The van der Waals surface area contributed by atoms with Gasteiger partial charge in [0, 0.05) is 30.5 Å². The SMILES string of the molecule is CCCC(c1ccc(OCCc2nc(-c3ccccc3)oc2C)cc1)N(CC(=O)O)C(=O)Oc1ccc(OC)cc1.CCCC(c1ccc(OCCc2nc(-c3ccccc3)oc2C)cc1)N(CC)C(=O)Oc1ccc(OC)cc1. The van der Waals surface area contributed by atoms with Gasteiger partial charge in [-0.05, 0) is 142 Å². The lowest BCUT2D eigenvalue weighted by Gasteiger charge is -2.30. The molecular weight excluding hydrogens is 1020 g/mol. The molecule has 2 heterocycles. The van der Waals surface area contributed by atoms with Crippen molar-refractivity contribution >= 4 is 18.2 Å². The maximum absolute atomic E-state index is 13.1. The van der Waals surface area contributed by atoms with Gasteiger partial charge in [0.15, 0.2) is 0 Å². The normalized spacial score (nSPS) is 11.5. The molecule has 16 heteroatoms. The summed E-state index contributed by atoms with van der Waals surface area (Å²) in [6, 6.07) is 47.8. The first-order valence-corrected chi connectivity index (χ1v) is 26.9. The van der Waals surface area contributed by atoms with Gasteiger partial charge in [-0.15, -0.1) is 0 Å². The molecule has 0 saturated heterocycles. The van der Waals surface area contributed by atoms with E-state index >= 15 is 0 Å². The van der Waals surface area contributed by atoms with Crippen LogP contribution >= 0.6 is 0 Å². The highest BCUT2D eigenvalue weighted by atomic mass is 16.6. The van der Waals surface area contributed by atoms with Crippen LogP contribution < -0.4 is 28.4 Å². The van der Waals surface area contributed by atoms with Crippen molar-refractivity contribution in [3.8, 4) is 57.4 Å². The Bertz CT molecular complexity index is 3160. The molecule has 80 heavy (non-hydrogen) atoms. The van der Waals surface area contributed by atoms with Crippen molar-refractivity contribution in [3.63, 3.8) is 0 Å². The van der Waals surface area contributed by atoms with E-state index in [1.807, 2.05) is 137 Å². The number of nitrogens with zero attached hydrogens (tertiary/aromatic N) is 4. The summed E-state index contributed by atoms with van der Waals surface area (Å²) in [7, 11) is 3.14. The number of aliphatic carboxylic acids is 1. The highest BCUT2D eigenvalue weighted by molar-refractivity contribution is 5.78. The highest BCUT2D eigenvalue weighted by Crippen LogP contribution is 2.32. The Hall–Kier alpha value is -9.05. The molecule has 0 saturated carbocycles. The van der Waals surface area contributed by atoms with Gasteiger partial charge in [-0.2, -0.15) is 0 Å². The maximum atomic E-state index is 13.1. The summed E-state index contributed by atoms with van der Waals surface area (Å²) in [5.41, 5.74) is 5.43. The molecule has 2 atom stereocenters. The van der Waals surface area contributed by atoms with E-state index in [0.29, 0.717) is 79.5 Å². The third kappa shape index (κ3) is 16.5. The number of ether oxygens (including phenoxy) is 6. The zero-order valence-electron chi connectivity index (χ0n) is 46.5. The summed E-state index contributed by atoms with van der Waals surface area (Å²) in [5, 5.41) is 9.55. The number of amides is 2. The predicted octanol–water partition coefficient (Wildman–Crippen LogP) is 14.3. The molecule has 8 aromatic rings. The van der Waals surface area contributed by atoms with Crippen LogP contribution in [0, 0.1) is 13.8 Å². The number of rotatable bonds is 25. The van der Waals surface area contributed by atoms with Crippen LogP contribution in [0.3, 0.4) is 0 Å². The van der Waals surface area contributed by atoms with Crippen LogP contribution in [0.1, 0.15) is 92.6 Å². The summed E-state index contributed by atoms with van der Waals surface area (Å²) in [4.78, 5) is 50.2. The molecule has 418 valence electrons. The fourth-order valence-electron chi connectivity index (χ4n) is 8.91. The third-order valence-electron chi connectivity index (χ3n) is 13.1. The molecule has 0 aliphatic heterocycles. The first-order valence-electron chi connectivity index (χ1n) is 26.9. The lowest BCUT2D eigenvalue weighted by atomic mass is 10.0. The largest absolute Gasteiger partial charge is 0.497 e. The van der Waals surface area contributed by atoms with Crippen LogP contribution in [0.25, 0.3) is 22.9 Å². The Kier molecular flexibility index (Phi) is 21.7. The van der Waals surface area contributed by atoms with Gasteiger partial charge in [0.05, 0.1) is 50.9 Å². The molecule has 0 fully saturated rings. The van der Waals surface area contributed by atoms with Crippen molar-refractivity contribution in [1.82, 2.24) is 19.8 Å². The van der Waals surface area contributed by atoms with E-state index in [2.05, 4.69) is 16.9 Å². The molecule has 16 nitrogen and oxygen atoms in total. The zero-order chi connectivity index (χ0) is 56.8. The van der Waals surface area contributed by atoms with Crippen LogP contribution in [0.5, 0.6) is 34.5 Å². The molecule has 8 rings (SSSR count). The minimum absolute atomic E-state index is 0.103. The van der Waals surface area contributed by atoms with Gasteiger partial charge in [0.25, 0.3) is 0 Å². The number of benzene rings is 6. The molecule has 1 N–H and O–H groups in total. The number of methoxy groups -OCH3 is 2. The van der Waals surface area contributed by atoms with Gasteiger partial charge >= 0.3 is 18.2 Å². The quantitative estimate of drug-likeness (QED) is 0.0570. The summed E-state index contributed by atoms with van der Waals surface area (Å²) < 4.78 is 45.1. The first kappa shape index (κ1) is 58.6. The molecule has 2 unspecified atom stereocenters. The van der Waals surface area contributed by atoms with E-state index in [0.717, 1.165) is 70.2 Å². The predicted molar refractivity (Wildman–Crippen MR) is 305 cm³/mol. The van der Waals surface area contributed by atoms with Crippen molar-refractivity contribution in [2.75, 3.05) is 40.5 Å². The smallest absolute Gasteiger partial charge is 0.416 e. The van der Waals surface area contributed by atoms with Crippen LogP contribution in [0.2, 0.25) is 0 Å². The van der Waals surface area contributed by atoms with E-state index < -0.39 is 24.6 Å². The fraction of sp³-hybridized carbons (Fsp3) is 0.297. The molecule has 0 aliphatic carbocycles. The molecule has 6 aromatic carbocycles. The van der Waals surface area contributed by atoms with Crippen LogP contribution in [-0.2, 0) is 17.6 Å². The van der Waals surface area contributed by atoms with Crippen LogP contribution in [-0.4, -0.2) is 83.6 Å². The van der Waals surface area contributed by atoms with E-state index in [4.69, 9.17) is 37.3 Å². The van der Waals surface area contributed by atoms with Gasteiger partial charge in [-0.1, -0.05) is 87.4 Å². The topological polar surface area (TPSA) is 185 Å². The number of aromatic nitrogens is 2. The van der Waals surface area contributed by atoms with Gasteiger partial charge < -0.3 is 47.3 Å². The van der Waals surface area contributed by atoms with Crippen molar-refractivity contribution in [2.45, 2.75) is 85.2 Å². The number of carboxylic acid groups (broad SMARTS) is 1. The molecule has 0 bridgehead atoms. The molecule has 2 amide bonds. The Morgan fingerprint density at radius 1 is 0.500 bits per heavy atom. The number of carbonyl (C=O) groups is 3. The second kappa shape index (κ2) is 29.6. The Balaban J connectivity index is 0.000000231. The highest BCUT2D eigenvalue weighted by Gasteiger charge is 2.29. The fourth-order valence-corrected chi connectivity index (χ4v) is 8.91. The van der Waals surface area contributed by atoms with Gasteiger partial charge in [-0.3, -0.25) is 9.69 Å². The number of aryl methyl sites for hydroxylation is 2. The Labute approximate surface area is 467 Å². The average Bonchev–Trinajstić information content (AvgIpc) is 4.06. The number of oxazole rings is 2. The van der Waals surface area contributed by atoms with Crippen LogP contribution in [0.15, 0.2) is 167 Å².